The molecule has 0 radical (unpaired) electrons. The number of nitrogens with zero attached hydrogens (tertiary/aromatic N) is 3. The Bertz CT molecular complexity index is 829. The second-order valence-electron chi connectivity index (χ2n) is 7.23. The van der Waals surface area contributed by atoms with Gasteiger partial charge in [-0.15, -0.1) is 0 Å². The van der Waals surface area contributed by atoms with Gasteiger partial charge in [-0.3, -0.25) is 0 Å². The van der Waals surface area contributed by atoms with Crippen molar-refractivity contribution in [2.45, 2.75) is 32.1 Å². The predicted octanol–water partition coefficient (Wildman–Crippen LogP) is 2.33. The second-order valence-corrected chi connectivity index (χ2v) is 9.54. The number of piperidine rings is 1. The predicted molar refractivity (Wildman–Crippen MR) is 101 cm³/mol. The molecule has 0 amide bonds. The van der Waals surface area contributed by atoms with E-state index in [1.807, 2.05) is 0 Å². The van der Waals surface area contributed by atoms with Crippen LogP contribution in [0.4, 0.5) is 0 Å². The fraction of sp³-hybridized carbons (Fsp3) is 0.611. The Kier molecular flexibility index (Phi) is 5.46. The minimum absolute atomic E-state index is 0.213. The maximum Gasteiger partial charge on any atom is 0.213 e. The van der Waals surface area contributed by atoms with Crippen molar-refractivity contribution in [2.24, 2.45) is 0 Å². The molecule has 6 nitrogen and oxygen atoms in total. The molecule has 3 rings (SSSR count). The molecule has 2 heterocycles. The molecule has 1 aromatic carbocycles. The number of sulfonamides is 1. The summed E-state index contributed by atoms with van der Waals surface area (Å²) in [5, 5.41) is 0. The van der Waals surface area contributed by atoms with E-state index >= 15 is 0 Å². The molecule has 0 spiro atoms. The highest BCUT2D eigenvalue weighted by molar-refractivity contribution is 7.89. The van der Waals surface area contributed by atoms with Crippen LogP contribution in [-0.4, -0.2) is 67.1 Å². The smallest absolute Gasteiger partial charge is 0.213 e. The maximum atomic E-state index is 11.9. The number of aromatic amines is 1. The lowest BCUT2D eigenvalue weighted by Crippen LogP contribution is -2.36. The molecule has 1 fully saturated rings. The molecule has 0 saturated carbocycles. The summed E-state index contributed by atoms with van der Waals surface area (Å²) in [6, 6.07) is 6.29. The van der Waals surface area contributed by atoms with E-state index in [4.69, 9.17) is 4.98 Å². The zero-order valence-corrected chi connectivity index (χ0v) is 16.1. The first-order valence-corrected chi connectivity index (χ1v) is 10.5. The van der Waals surface area contributed by atoms with Gasteiger partial charge in [0.1, 0.15) is 5.82 Å². The number of aryl methyl sites for hydroxylation is 1. The van der Waals surface area contributed by atoms with E-state index in [1.165, 1.54) is 9.87 Å². The first-order valence-electron chi connectivity index (χ1n) is 8.94. The van der Waals surface area contributed by atoms with Crippen molar-refractivity contribution >= 4 is 21.1 Å². The van der Waals surface area contributed by atoms with Gasteiger partial charge in [-0.25, -0.2) is 17.7 Å². The molecule has 1 aliphatic heterocycles. The van der Waals surface area contributed by atoms with Gasteiger partial charge in [0.2, 0.25) is 10.0 Å². The summed E-state index contributed by atoms with van der Waals surface area (Å²) in [5.74, 6) is 1.67. The van der Waals surface area contributed by atoms with E-state index in [-0.39, 0.29) is 5.75 Å². The number of H-pyrrole nitrogens is 1. The number of aromatic nitrogens is 2. The zero-order chi connectivity index (χ0) is 18.0. The Morgan fingerprint density at radius 3 is 2.92 bits per heavy atom. The van der Waals surface area contributed by atoms with Crippen LogP contribution in [-0.2, 0) is 10.0 Å². The van der Waals surface area contributed by atoms with Gasteiger partial charge in [0.05, 0.1) is 16.8 Å². The molecule has 2 aromatic rings. The summed E-state index contributed by atoms with van der Waals surface area (Å²) in [7, 11) is 0.0876. The van der Waals surface area contributed by atoms with Crippen LogP contribution in [0.3, 0.4) is 0 Å². The van der Waals surface area contributed by atoms with E-state index in [2.05, 4.69) is 35.0 Å². The Hall–Kier alpha value is -1.44. The molecule has 25 heavy (non-hydrogen) atoms. The van der Waals surface area contributed by atoms with Crippen molar-refractivity contribution in [1.29, 1.82) is 0 Å². The van der Waals surface area contributed by atoms with Gasteiger partial charge >= 0.3 is 0 Å². The molecule has 1 saturated heterocycles. The standard InChI is InChI=1S/C18H28N4O2S/c1-14-7-8-16-17(12-14)20-18(19-16)15-6-4-9-22(13-15)10-5-11-25(23,24)21(2)3/h7-8,12,15H,4-6,9-11,13H2,1-3H3,(H,19,20)/t15-/m1/s1. The average molecular weight is 365 g/mol. The maximum absolute atomic E-state index is 11.9. The number of imidazole rings is 1. The van der Waals surface area contributed by atoms with Crippen LogP contribution in [0, 0.1) is 6.92 Å². The van der Waals surface area contributed by atoms with Gasteiger partial charge in [0.15, 0.2) is 0 Å². The van der Waals surface area contributed by atoms with Crippen LogP contribution in [0.15, 0.2) is 18.2 Å². The van der Waals surface area contributed by atoms with E-state index in [0.29, 0.717) is 12.3 Å². The normalized spacial score (nSPS) is 19.8. The molecular weight excluding hydrogens is 336 g/mol. The minimum atomic E-state index is -3.10. The third-order valence-corrected chi connectivity index (χ3v) is 6.90. The molecule has 138 valence electrons. The third kappa shape index (κ3) is 4.40. The Labute approximate surface area is 150 Å². The van der Waals surface area contributed by atoms with Crippen LogP contribution >= 0.6 is 0 Å². The van der Waals surface area contributed by atoms with Crippen molar-refractivity contribution in [3.8, 4) is 0 Å². The van der Waals surface area contributed by atoms with Gasteiger partial charge in [-0.1, -0.05) is 6.07 Å². The Morgan fingerprint density at radius 1 is 1.36 bits per heavy atom. The van der Waals surface area contributed by atoms with Crippen LogP contribution in [0.2, 0.25) is 0 Å². The summed E-state index contributed by atoms with van der Waals surface area (Å²) < 4.78 is 25.1. The van der Waals surface area contributed by atoms with Crippen molar-refractivity contribution in [3.63, 3.8) is 0 Å². The van der Waals surface area contributed by atoms with Crippen LogP contribution in [0.25, 0.3) is 11.0 Å². The van der Waals surface area contributed by atoms with E-state index < -0.39 is 10.0 Å². The molecule has 0 aliphatic carbocycles. The lowest BCUT2D eigenvalue weighted by Gasteiger charge is -2.31. The molecular formula is C18H28N4O2S. The Morgan fingerprint density at radius 2 is 2.16 bits per heavy atom. The molecule has 0 bridgehead atoms. The van der Waals surface area contributed by atoms with Crippen LogP contribution < -0.4 is 0 Å². The average Bonchev–Trinajstić information content (AvgIpc) is 2.98. The summed E-state index contributed by atoms with van der Waals surface area (Å²) in [4.78, 5) is 10.6. The lowest BCUT2D eigenvalue weighted by atomic mass is 9.97. The number of nitrogens with one attached hydrogen (secondary N) is 1. The number of hydrogen-bond donors (Lipinski definition) is 1. The van der Waals surface area contributed by atoms with E-state index in [1.54, 1.807) is 14.1 Å². The van der Waals surface area contributed by atoms with Crippen molar-refractivity contribution < 1.29 is 8.42 Å². The number of hydrogen-bond acceptors (Lipinski definition) is 4. The first-order chi connectivity index (χ1) is 11.8. The molecule has 7 heteroatoms. The first kappa shape index (κ1) is 18.4. The van der Waals surface area contributed by atoms with Crippen molar-refractivity contribution in [2.75, 3.05) is 39.5 Å². The van der Waals surface area contributed by atoms with Gasteiger partial charge in [0.25, 0.3) is 0 Å². The van der Waals surface area contributed by atoms with Gasteiger partial charge in [0, 0.05) is 26.6 Å². The number of rotatable bonds is 6. The Balaban J connectivity index is 1.60. The van der Waals surface area contributed by atoms with Crippen molar-refractivity contribution in [3.05, 3.63) is 29.6 Å². The van der Waals surface area contributed by atoms with Gasteiger partial charge < -0.3 is 9.88 Å². The highest BCUT2D eigenvalue weighted by Gasteiger charge is 2.24. The molecule has 0 unspecified atom stereocenters. The topological polar surface area (TPSA) is 69.3 Å². The summed E-state index contributed by atoms with van der Waals surface area (Å²) in [6.07, 6.45) is 2.93. The third-order valence-electron chi connectivity index (χ3n) is 4.98. The minimum Gasteiger partial charge on any atom is -0.342 e. The summed E-state index contributed by atoms with van der Waals surface area (Å²) in [6.45, 7) is 4.89. The highest BCUT2D eigenvalue weighted by atomic mass is 32.2. The molecule has 1 atom stereocenters. The van der Waals surface area contributed by atoms with Crippen molar-refractivity contribution in [1.82, 2.24) is 19.2 Å². The van der Waals surface area contributed by atoms with Crippen LogP contribution in [0.5, 0.6) is 0 Å². The van der Waals surface area contributed by atoms with E-state index in [9.17, 15) is 8.42 Å². The molecule has 1 N–H and O–H groups in total. The number of fused-ring (bicyclic) bond motifs is 1. The molecule has 1 aromatic heterocycles. The SMILES string of the molecule is Cc1ccc2nc([C@@H]3CCCN(CCCS(=O)(=O)N(C)C)C3)[nH]c2c1. The highest BCUT2D eigenvalue weighted by Crippen LogP contribution is 2.27. The van der Waals surface area contributed by atoms with Gasteiger partial charge in [-0.2, -0.15) is 0 Å². The summed E-state index contributed by atoms with van der Waals surface area (Å²) in [5.41, 5.74) is 3.36. The van der Waals surface area contributed by atoms with Gasteiger partial charge in [-0.05, 0) is 57.0 Å². The quantitative estimate of drug-likeness (QED) is 0.854. The fourth-order valence-corrected chi connectivity index (χ4v) is 4.33. The number of benzene rings is 1. The lowest BCUT2D eigenvalue weighted by molar-refractivity contribution is 0.205. The fourth-order valence-electron chi connectivity index (χ4n) is 3.47. The monoisotopic (exact) mass is 364 g/mol. The van der Waals surface area contributed by atoms with E-state index in [0.717, 1.165) is 49.3 Å². The largest absolute Gasteiger partial charge is 0.342 e. The summed E-state index contributed by atoms with van der Waals surface area (Å²) >= 11 is 0. The zero-order valence-electron chi connectivity index (χ0n) is 15.3. The van der Waals surface area contributed by atoms with Crippen LogP contribution in [0.1, 0.15) is 36.6 Å². The second kappa shape index (κ2) is 7.43. The molecule has 1 aliphatic rings. The number of likely N-dealkylation sites (tertiary alicyclic amines) is 1.